The summed E-state index contributed by atoms with van der Waals surface area (Å²) in [5.74, 6) is -0.886. The summed E-state index contributed by atoms with van der Waals surface area (Å²) in [6.45, 7) is 8.29. The summed E-state index contributed by atoms with van der Waals surface area (Å²) in [5.41, 5.74) is 6.21. The molecule has 34 heavy (non-hydrogen) atoms. The van der Waals surface area contributed by atoms with Crippen molar-refractivity contribution in [3.05, 3.63) is 99.6 Å². The van der Waals surface area contributed by atoms with Crippen LogP contribution in [0.4, 0.5) is 10.5 Å². The highest BCUT2D eigenvalue weighted by molar-refractivity contribution is 6.39. The van der Waals surface area contributed by atoms with Crippen LogP contribution in [-0.4, -0.2) is 17.8 Å². The molecule has 3 aromatic carbocycles. The summed E-state index contributed by atoms with van der Waals surface area (Å²) in [5, 5.41) is 2.27. The second-order valence-electron chi connectivity index (χ2n) is 8.47. The van der Waals surface area contributed by atoms with E-state index in [4.69, 9.17) is 4.74 Å². The van der Waals surface area contributed by atoms with Crippen LogP contribution in [0.5, 0.6) is 5.75 Å². The zero-order valence-electron chi connectivity index (χ0n) is 19.6. The monoisotopic (exact) mass is 454 g/mol. The van der Waals surface area contributed by atoms with Crippen molar-refractivity contribution < 1.29 is 19.1 Å². The van der Waals surface area contributed by atoms with Gasteiger partial charge in [0.1, 0.15) is 17.9 Å². The van der Waals surface area contributed by atoms with Crippen molar-refractivity contribution in [3.8, 4) is 5.75 Å². The number of nitrogens with zero attached hydrogens (tertiary/aromatic N) is 1. The molecule has 0 radical (unpaired) electrons. The molecule has 6 nitrogen and oxygen atoms in total. The smallest absolute Gasteiger partial charge is 0.335 e. The number of rotatable bonds is 5. The Morgan fingerprint density at radius 1 is 0.824 bits per heavy atom. The number of aryl methyl sites for hydroxylation is 4. The quantitative estimate of drug-likeness (QED) is 0.427. The van der Waals surface area contributed by atoms with E-state index in [1.807, 2.05) is 45.0 Å². The van der Waals surface area contributed by atoms with E-state index in [9.17, 15) is 14.4 Å². The molecule has 0 spiro atoms. The van der Waals surface area contributed by atoms with Gasteiger partial charge in [0.2, 0.25) is 0 Å². The van der Waals surface area contributed by atoms with E-state index >= 15 is 0 Å². The first-order valence-corrected chi connectivity index (χ1v) is 11.0. The normalized spacial score (nSPS) is 15.0. The lowest BCUT2D eigenvalue weighted by molar-refractivity contribution is -0.122. The SMILES string of the molecule is Cc1ccc(COc2ccccc2/C=C2\C(=O)NC(=O)N(c3ccc(C)c(C)c3)C2=O)cc1C. The third-order valence-electron chi connectivity index (χ3n) is 6.03. The Hall–Kier alpha value is -4.19. The zero-order chi connectivity index (χ0) is 24.4. The predicted octanol–water partition coefficient (Wildman–Crippen LogP) is 5.17. The van der Waals surface area contributed by atoms with Gasteiger partial charge in [0, 0.05) is 5.56 Å². The lowest BCUT2D eigenvalue weighted by Gasteiger charge is -2.27. The summed E-state index contributed by atoms with van der Waals surface area (Å²) in [7, 11) is 0. The fraction of sp³-hybridized carbons (Fsp3) is 0.179. The Kier molecular flexibility index (Phi) is 6.32. The molecule has 4 amide bonds. The van der Waals surface area contributed by atoms with Gasteiger partial charge >= 0.3 is 6.03 Å². The van der Waals surface area contributed by atoms with Gasteiger partial charge in [-0.25, -0.2) is 9.69 Å². The van der Waals surface area contributed by atoms with E-state index in [0.717, 1.165) is 21.6 Å². The molecule has 0 bridgehead atoms. The number of benzene rings is 3. The van der Waals surface area contributed by atoms with Crippen LogP contribution in [0.25, 0.3) is 6.08 Å². The van der Waals surface area contributed by atoms with Crippen molar-refractivity contribution in [2.45, 2.75) is 34.3 Å². The number of hydrogen-bond acceptors (Lipinski definition) is 4. The minimum Gasteiger partial charge on any atom is -0.488 e. The Morgan fingerprint density at radius 3 is 2.21 bits per heavy atom. The number of para-hydroxylation sites is 1. The Labute approximate surface area is 198 Å². The van der Waals surface area contributed by atoms with Gasteiger partial charge in [-0.1, -0.05) is 42.5 Å². The fourth-order valence-corrected chi connectivity index (χ4v) is 3.70. The molecule has 1 aliphatic heterocycles. The first kappa shape index (κ1) is 23.0. The van der Waals surface area contributed by atoms with Gasteiger partial charge in [0.05, 0.1) is 5.69 Å². The molecule has 0 saturated carbocycles. The molecular weight excluding hydrogens is 428 g/mol. The highest BCUT2D eigenvalue weighted by atomic mass is 16.5. The second-order valence-corrected chi connectivity index (χ2v) is 8.47. The molecule has 6 heteroatoms. The number of urea groups is 1. The molecule has 172 valence electrons. The third kappa shape index (κ3) is 4.62. The van der Waals surface area contributed by atoms with Crippen LogP contribution in [-0.2, 0) is 16.2 Å². The van der Waals surface area contributed by atoms with Crippen molar-refractivity contribution in [2.75, 3.05) is 4.90 Å². The van der Waals surface area contributed by atoms with Gasteiger partial charge < -0.3 is 4.74 Å². The molecular formula is C28H26N2O4. The van der Waals surface area contributed by atoms with Crippen LogP contribution in [0.3, 0.4) is 0 Å². The van der Waals surface area contributed by atoms with E-state index in [0.29, 0.717) is 23.6 Å². The minimum atomic E-state index is -0.769. The summed E-state index contributed by atoms with van der Waals surface area (Å²) >= 11 is 0. The number of hydrogen-bond donors (Lipinski definition) is 1. The molecule has 0 atom stereocenters. The molecule has 1 heterocycles. The van der Waals surface area contributed by atoms with Crippen LogP contribution in [0.1, 0.15) is 33.4 Å². The average molecular weight is 455 g/mol. The number of carbonyl (C=O) groups is 3. The largest absolute Gasteiger partial charge is 0.488 e. The molecule has 1 fully saturated rings. The highest BCUT2D eigenvalue weighted by Crippen LogP contribution is 2.27. The average Bonchev–Trinajstić information content (AvgIpc) is 2.80. The van der Waals surface area contributed by atoms with Crippen LogP contribution in [0, 0.1) is 27.7 Å². The Balaban J connectivity index is 1.64. The van der Waals surface area contributed by atoms with Gasteiger partial charge in [-0.05, 0) is 79.8 Å². The molecule has 1 saturated heterocycles. The van der Waals surface area contributed by atoms with E-state index in [2.05, 4.69) is 18.3 Å². The van der Waals surface area contributed by atoms with Crippen LogP contribution >= 0.6 is 0 Å². The fourth-order valence-electron chi connectivity index (χ4n) is 3.70. The van der Waals surface area contributed by atoms with Crippen LogP contribution in [0.15, 0.2) is 66.2 Å². The maximum Gasteiger partial charge on any atom is 0.335 e. The van der Waals surface area contributed by atoms with Crippen molar-refractivity contribution in [2.24, 2.45) is 0 Å². The zero-order valence-corrected chi connectivity index (χ0v) is 19.6. The molecule has 1 aliphatic rings. The van der Waals surface area contributed by atoms with Gasteiger partial charge in [-0.15, -0.1) is 0 Å². The van der Waals surface area contributed by atoms with Gasteiger partial charge in [0.25, 0.3) is 11.8 Å². The van der Waals surface area contributed by atoms with Crippen molar-refractivity contribution in [1.82, 2.24) is 5.32 Å². The number of amides is 4. The number of barbiturate groups is 1. The Bertz CT molecular complexity index is 1340. The minimum absolute atomic E-state index is 0.139. The van der Waals surface area contributed by atoms with Crippen molar-refractivity contribution >= 4 is 29.6 Å². The summed E-state index contributed by atoms with van der Waals surface area (Å²) in [6, 6.07) is 17.8. The van der Waals surface area contributed by atoms with Crippen molar-refractivity contribution in [1.29, 1.82) is 0 Å². The second kappa shape index (κ2) is 9.35. The summed E-state index contributed by atoms with van der Waals surface area (Å²) in [4.78, 5) is 39.3. The van der Waals surface area contributed by atoms with Crippen molar-refractivity contribution in [3.63, 3.8) is 0 Å². The number of nitrogens with one attached hydrogen (secondary N) is 1. The van der Waals surface area contributed by atoms with Gasteiger partial charge in [0.15, 0.2) is 0 Å². The molecule has 3 aromatic rings. The van der Waals surface area contributed by atoms with E-state index in [-0.39, 0.29) is 5.57 Å². The number of carbonyl (C=O) groups excluding carboxylic acids is 3. The standard InChI is InChI=1S/C28H26N2O4/c1-17-9-11-21(13-19(17)3)16-34-25-8-6-5-7-22(25)15-24-26(31)29-28(33)30(27(24)32)23-12-10-18(2)20(4)14-23/h5-15H,16H2,1-4H3,(H,29,31,33)/b24-15+. The molecule has 4 rings (SSSR count). The molecule has 1 N–H and O–H groups in total. The third-order valence-corrected chi connectivity index (χ3v) is 6.03. The maximum absolute atomic E-state index is 13.2. The molecule has 0 aliphatic carbocycles. The van der Waals surface area contributed by atoms with Crippen LogP contribution < -0.4 is 15.0 Å². The van der Waals surface area contributed by atoms with E-state index in [1.165, 1.54) is 17.2 Å². The first-order chi connectivity index (χ1) is 16.2. The van der Waals surface area contributed by atoms with Crippen LogP contribution in [0.2, 0.25) is 0 Å². The molecule has 0 unspecified atom stereocenters. The van der Waals surface area contributed by atoms with E-state index < -0.39 is 17.8 Å². The number of anilines is 1. The maximum atomic E-state index is 13.2. The van der Waals surface area contributed by atoms with E-state index in [1.54, 1.807) is 30.3 Å². The van der Waals surface area contributed by atoms with Gasteiger partial charge in [-0.2, -0.15) is 0 Å². The topological polar surface area (TPSA) is 75.7 Å². The summed E-state index contributed by atoms with van der Waals surface area (Å²) < 4.78 is 6.02. The lowest BCUT2D eigenvalue weighted by atomic mass is 10.0. The molecule has 0 aromatic heterocycles. The number of imide groups is 2. The number of ether oxygens (including phenoxy) is 1. The van der Waals surface area contributed by atoms with Gasteiger partial charge in [-0.3, -0.25) is 14.9 Å². The predicted molar refractivity (Wildman–Crippen MR) is 132 cm³/mol. The lowest BCUT2D eigenvalue weighted by Crippen LogP contribution is -2.54. The first-order valence-electron chi connectivity index (χ1n) is 11.0. The highest BCUT2D eigenvalue weighted by Gasteiger charge is 2.37. The Morgan fingerprint density at radius 2 is 1.50 bits per heavy atom. The summed E-state index contributed by atoms with van der Waals surface area (Å²) in [6.07, 6.45) is 1.47.